The minimum absolute atomic E-state index is 0.0737. The summed E-state index contributed by atoms with van der Waals surface area (Å²) in [5.74, 6) is -0.404. The van der Waals surface area contributed by atoms with Crippen molar-refractivity contribution in [2.45, 2.75) is 43.7 Å². The summed E-state index contributed by atoms with van der Waals surface area (Å²) < 4.78 is 0. The zero-order chi connectivity index (χ0) is 24.1. The van der Waals surface area contributed by atoms with Gasteiger partial charge in [-0.25, -0.2) is 4.79 Å². The number of carbonyl (C=O) groups is 1. The van der Waals surface area contributed by atoms with Crippen molar-refractivity contribution in [1.82, 2.24) is 20.5 Å². The molecule has 0 saturated heterocycles. The summed E-state index contributed by atoms with van der Waals surface area (Å²) in [7, 11) is 4.34. The van der Waals surface area contributed by atoms with Crippen LogP contribution in [0.4, 0.5) is 0 Å². The van der Waals surface area contributed by atoms with Gasteiger partial charge in [-0.1, -0.05) is 48.5 Å². The van der Waals surface area contributed by atoms with Gasteiger partial charge >= 0.3 is 5.97 Å². The Morgan fingerprint density at radius 1 is 1.15 bits per heavy atom. The van der Waals surface area contributed by atoms with Crippen LogP contribution >= 0.6 is 12.2 Å². The fraction of sp³-hybridized carbons (Fsp3) is 0.407. The molecule has 0 radical (unpaired) electrons. The molecule has 0 aliphatic heterocycles. The molecule has 6 nitrogen and oxygen atoms in total. The minimum atomic E-state index is -0.911. The fourth-order valence-electron chi connectivity index (χ4n) is 5.27. The smallest absolute Gasteiger partial charge is 0.326 e. The highest BCUT2D eigenvalue weighted by Gasteiger charge is 2.38. The number of H-pyrrole nitrogens is 1. The highest BCUT2D eigenvalue weighted by atomic mass is 32.1. The highest BCUT2D eigenvalue weighted by molar-refractivity contribution is 7.80. The average molecular weight is 479 g/mol. The fourth-order valence-corrected chi connectivity index (χ4v) is 5.49. The normalized spacial score (nSPS) is 21.3. The lowest BCUT2D eigenvalue weighted by Gasteiger charge is -2.45. The van der Waals surface area contributed by atoms with Gasteiger partial charge in [0.1, 0.15) is 6.04 Å². The first-order chi connectivity index (χ1) is 16.4. The zero-order valence-corrected chi connectivity index (χ0v) is 20.7. The summed E-state index contributed by atoms with van der Waals surface area (Å²) in [5, 5.41) is 17.5. The summed E-state index contributed by atoms with van der Waals surface area (Å²) in [6.07, 6.45) is 6.61. The van der Waals surface area contributed by atoms with Crippen molar-refractivity contribution in [2.75, 3.05) is 20.6 Å². The number of fused-ring (bicyclic) bond motifs is 1. The molecular formula is C27H34N4O2S. The van der Waals surface area contributed by atoms with Crippen molar-refractivity contribution in [2.24, 2.45) is 5.92 Å². The van der Waals surface area contributed by atoms with Crippen molar-refractivity contribution >= 4 is 34.2 Å². The van der Waals surface area contributed by atoms with Crippen LogP contribution < -0.4 is 10.6 Å². The standard InChI is InChI=1S/C27H34N4O2S/c1-31(2)27(21-8-4-3-5-9-21)14-12-19(13-15-27)17-29-26(34)30-24(25(32)33)16-20-18-28-23-11-7-6-10-22(20)23/h3-11,18-19,24,28H,12-17H2,1-2H3,(H,32,33)(H2,29,30,34). The number of nitrogens with zero attached hydrogens (tertiary/aromatic N) is 1. The Hall–Kier alpha value is -2.90. The molecule has 4 rings (SSSR count). The van der Waals surface area contributed by atoms with E-state index >= 15 is 0 Å². The Balaban J connectivity index is 1.30. The van der Waals surface area contributed by atoms with Crippen LogP contribution in [0.3, 0.4) is 0 Å². The molecule has 2 aromatic carbocycles. The maximum Gasteiger partial charge on any atom is 0.326 e. The van der Waals surface area contributed by atoms with Crippen LogP contribution in [0.25, 0.3) is 10.9 Å². The highest BCUT2D eigenvalue weighted by Crippen LogP contribution is 2.42. The van der Waals surface area contributed by atoms with E-state index in [9.17, 15) is 9.90 Å². The Labute approximate surface area is 206 Å². The molecule has 34 heavy (non-hydrogen) atoms. The van der Waals surface area contributed by atoms with Crippen LogP contribution in [-0.4, -0.2) is 52.8 Å². The van der Waals surface area contributed by atoms with E-state index in [1.165, 1.54) is 5.56 Å². The number of carboxylic acids is 1. The molecule has 7 heteroatoms. The molecule has 1 saturated carbocycles. The molecular weight excluding hydrogens is 444 g/mol. The Kier molecular flexibility index (Phi) is 7.54. The van der Waals surface area contributed by atoms with Gasteiger partial charge in [0, 0.05) is 35.6 Å². The van der Waals surface area contributed by atoms with Gasteiger partial charge in [0.25, 0.3) is 0 Å². The molecule has 1 aliphatic rings. The number of hydrogen-bond acceptors (Lipinski definition) is 3. The average Bonchev–Trinajstić information content (AvgIpc) is 3.26. The largest absolute Gasteiger partial charge is 0.480 e. The maximum atomic E-state index is 11.9. The molecule has 3 aromatic rings. The second-order valence-electron chi connectivity index (χ2n) is 9.54. The number of nitrogens with one attached hydrogen (secondary N) is 3. The van der Waals surface area contributed by atoms with Gasteiger partial charge in [-0.3, -0.25) is 4.90 Å². The molecule has 0 spiro atoms. The SMILES string of the molecule is CN(C)C1(c2ccccc2)CCC(CNC(=S)NC(Cc2c[nH]c3ccccc23)C(=O)O)CC1. The van der Waals surface area contributed by atoms with Crippen LogP contribution in [0.15, 0.2) is 60.8 Å². The summed E-state index contributed by atoms with van der Waals surface area (Å²) >= 11 is 5.47. The lowest BCUT2D eigenvalue weighted by atomic mass is 9.72. The number of aliphatic carboxylic acids is 1. The third-order valence-electron chi connectivity index (χ3n) is 7.35. The van der Waals surface area contributed by atoms with Gasteiger partial charge in [-0.2, -0.15) is 0 Å². The van der Waals surface area contributed by atoms with Crippen molar-refractivity contribution < 1.29 is 9.90 Å². The number of aromatic nitrogens is 1. The van der Waals surface area contributed by atoms with Crippen LogP contribution in [-0.2, 0) is 16.8 Å². The molecule has 1 unspecified atom stereocenters. The molecule has 1 fully saturated rings. The van der Waals surface area contributed by atoms with Crippen molar-refractivity contribution in [3.05, 3.63) is 71.9 Å². The number of aromatic amines is 1. The third kappa shape index (κ3) is 5.26. The number of carboxylic acid groups (broad SMARTS) is 1. The van der Waals surface area contributed by atoms with E-state index in [1.807, 2.05) is 30.5 Å². The van der Waals surface area contributed by atoms with Gasteiger partial charge in [0.05, 0.1) is 0 Å². The summed E-state index contributed by atoms with van der Waals surface area (Å²) in [4.78, 5) is 17.5. The molecule has 180 valence electrons. The molecule has 1 aromatic heterocycles. The first-order valence-corrected chi connectivity index (χ1v) is 12.3. The number of benzene rings is 2. The quantitative estimate of drug-likeness (QED) is 0.362. The van der Waals surface area contributed by atoms with Gasteiger partial charge in [-0.15, -0.1) is 0 Å². The molecule has 0 amide bonds. The van der Waals surface area contributed by atoms with Crippen LogP contribution in [0.2, 0.25) is 0 Å². The second-order valence-corrected chi connectivity index (χ2v) is 9.95. The molecule has 1 aliphatic carbocycles. The predicted molar refractivity (Wildman–Crippen MR) is 141 cm³/mol. The van der Waals surface area contributed by atoms with Gasteiger partial charge in [0.15, 0.2) is 5.11 Å². The molecule has 0 bridgehead atoms. The summed E-state index contributed by atoms with van der Waals surface area (Å²) in [5.41, 5.74) is 3.42. The predicted octanol–water partition coefficient (Wildman–Crippen LogP) is 4.28. The monoisotopic (exact) mass is 478 g/mol. The topological polar surface area (TPSA) is 80.4 Å². The number of hydrogen-bond donors (Lipinski definition) is 4. The lowest BCUT2D eigenvalue weighted by molar-refractivity contribution is -0.139. The van der Waals surface area contributed by atoms with Crippen molar-refractivity contribution in [3.8, 4) is 0 Å². The molecule has 1 heterocycles. The number of para-hydroxylation sites is 1. The van der Waals surface area contributed by atoms with Gasteiger partial charge in [-0.05, 0) is 75.1 Å². The zero-order valence-electron chi connectivity index (χ0n) is 19.9. The molecule has 4 N–H and O–H groups in total. The van der Waals surface area contributed by atoms with E-state index in [-0.39, 0.29) is 5.54 Å². The Morgan fingerprint density at radius 2 is 1.82 bits per heavy atom. The second kappa shape index (κ2) is 10.6. The first kappa shape index (κ1) is 24.2. The number of thiocarbonyl (C=S) groups is 1. The Bertz CT molecular complexity index is 1120. The first-order valence-electron chi connectivity index (χ1n) is 11.9. The van der Waals surface area contributed by atoms with E-state index in [2.05, 4.69) is 64.9 Å². The Morgan fingerprint density at radius 3 is 2.50 bits per heavy atom. The van der Waals surface area contributed by atoms with E-state index in [0.717, 1.165) is 48.7 Å². The van der Waals surface area contributed by atoms with E-state index < -0.39 is 12.0 Å². The van der Waals surface area contributed by atoms with Gasteiger partial charge in [0.2, 0.25) is 0 Å². The summed E-state index contributed by atoms with van der Waals surface area (Å²) in [6, 6.07) is 17.9. The van der Waals surface area contributed by atoms with E-state index in [4.69, 9.17) is 12.2 Å². The maximum absolute atomic E-state index is 11.9. The lowest BCUT2D eigenvalue weighted by Crippen LogP contribution is -2.49. The van der Waals surface area contributed by atoms with Crippen LogP contribution in [0.1, 0.15) is 36.8 Å². The molecule has 1 atom stereocenters. The van der Waals surface area contributed by atoms with E-state index in [0.29, 0.717) is 17.5 Å². The minimum Gasteiger partial charge on any atom is -0.480 e. The van der Waals surface area contributed by atoms with Gasteiger partial charge < -0.3 is 20.7 Å². The van der Waals surface area contributed by atoms with E-state index in [1.54, 1.807) is 0 Å². The van der Waals surface area contributed by atoms with Crippen molar-refractivity contribution in [1.29, 1.82) is 0 Å². The van der Waals surface area contributed by atoms with Crippen LogP contribution in [0, 0.1) is 5.92 Å². The summed E-state index contributed by atoms with van der Waals surface area (Å²) in [6.45, 7) is 0.754. The van der Waals surface area contributed by atoms with Crippen LogP contribution in [0.5, 0.6) is 0 Å². The number of rotatable bonds is 8. The third-order valence-corrected chi connectivity index (χ3v) is 7.62. The van der Waals surface area contributed by atoms with Crippen molar-refractivity contribution in [3.63, 3.8) is 0 Å².